The lowest BCUT2D eigenvalue weighted by Gasteiger charge is -2.44. The maximum absolute atomic E-state index is 13.0. The van der Waals surface area contributed by atoms with Crippen LogP contribution in [-0.2, 0) is 28.5 Å². The van der Waals surface area contributed by atoms with Crippen molar-refractivity contribution in [1.82, 2.24) is 0 Å². The third-order valence-electron chi connectivity index (χ3n) is 14.2. The largest absolute Gasteiger partial charge is 0.466 e. The Morgan fingerprint density at radius 3 is 1.52 bits per heavy atom. The molecule has 0 heterocycles. The smallest absolute Gasteiger partial charge is 0.338 e. The molecule has 0 radical (unpaired) electrons. The van der Waals surface area contributed by atoms with E-state index >= 15 is 0 Å². The number of ether oxygens (including phenoxy) is 4. The molecule has 2 fully saturated rings. The zero-order valence-electron chi connectivity index (χ0n) is 40.4. The number of carbonyl (C=O) groups excluding carboxylic acids is 4. The van der Waals surface area contributed by atoms with Gasteiger partial charge in [0.1, 0.15) is 0 Å². The van der Waals surface area contributed by atoms with Gasteiger partial charge in [-0.25, -0.2) is 14.4 Å². The molecule has 2 saturated carbocycles. The van der Waals surface area contributed by atoms with Crippen molar-refractivity contribution in [3.05, 3.63) is 48.0 Å². The fourth-order valence-corrected chi connectivity index (χ4v) is 10.7. The number of carbonyl (C=O) groups is 4. The first-order chi connectivity index (χ1) is 30.7. The molecular formula is C55H90O8. The number of rotatable bonds is 35. The highest BCUT2D eigenvalue weighted by molar-refractivity contribution is 5.95. The van der Waals surface area contributed by atoms with Crippen molar-refractivity contribution in [2.75, 3.05) is 26.4 Å². The average molecular weight is 879 g/mol. The summed E-state index contributed by atoms with van der Waals surface area (Å²) in [6, 6.07) is 6.65. The van der Waals surface area contributed by atoms with E-state index in [0.717, 1.165) is 81.5 Å². The summed E-state index contributed by atoms with van der Waals surface area (Å²) < 4.78 is 21.7. The van der Waals surface area contributed by atoms with E-state index < -0.39 is 17.9 Å². The van der Waals surface area contributed by atoms with Gasteiger partial charge in [0, 0.05) is 13.0 Å². The second-order valence-corrected chi connectivity index (χ2v) is 19.3. The molecule has 2 aliphatic carbocycles. The molecule has 2 aliphatic rings. The van der Waals surface area contributed by atoms with Crippen molar-refractivity contribution >= 4 is 23.9 Å². The molecule has 8 nitrogen and oxygen atoms in total. The summed E-state index contributed by atoms with van der Waals surface area (Å²) in [5.74, 6) is 2.54. The zero-order chi connectivity index (χ0) is 45.3. The van der Waals surface area contributed by atoms with Crippen LogP contribution in [0.1, 0.15) is 234 Å². The van der Waals surface area contributed by atoms with Crippen molar-refractivity contribution in [1.29, 1.82) is 0 Å². The van der Waals surface area contributed by atoms with Gasteiger partial charge in [0.25, 0.3) is 0 Å². The zero-order valence-corrected chi connectivity index (χ0v) is 40.4. The van der Waals surface area contributed by atoms with E-state index in [1.807, 2.05) is 0 Å². The number of unbranched alkanes of at least 4 members (excludes halogenated alkanes) is 16. The van der Waals surface area contributed by atoms with Gasteiger partial charge in [-0.1, -0.05) is 161 Å². The number of hydrogen-bond donors (Lipinski definition) is 0. The van der Waals surface area contributed by atoms with Gasteiger partial charge in [-0.2, -0.15) is 0 Å². The van der Waals surface area contributed by atoms with Gasteiger partial charge in [0.05, 0.1) is 37.6 Å². The molecular weight excluding hydrogens is 789 g/mol. The molecule has 0 amide bonds. The topological polar surface area (TPSA) is 105 Å². The van der Waals surface area contributed by atoms with Crippen LogP contribution in [0.2, 0.25) is 0 Å². The van der Waals surface area contributed by atoms with E-state index in [0.29, 0.717) is 37.6 Å². The van der Waals surface area contributed by atoms with E-state index in [-0.39, 0.29) is 17.8 Å². The van der Waals surface area contributed by atoms with E-state index in [1.54, 1.807) is 24.3 Å². The summed E-state index contributed by atoms with van der Waals surface area (Å²) in [4.78, 5) is 48.5. The minimum absolute atomic E-state index is 0.173. The molecule has 6 atom stereocenters. The highest BCUT2D eigenvalue weighted by Crippen LogP contribution is 2.48. The van der Waals surface area contributed by atoms with Crippen molar-refractivity contribution in [3.8, 4) is 0 Å². The first-order valence-corrected chi connectivity index (χ1v) is 26.1. The first kappa shape index (κ1) is 54.2. The minimum atomic E-state index is -0.440. The monoisotopic (exact) mass is 879 g/mol. The maximum Gasteiger partial charge on any atom is 0.338 e. The van der Waals surface area contributed by atoms with Crippen LogP contribution in [0.3, 0.4) is 0 Å². The molecule has 6 unspecified atom stereocenters. The lowest BCUT2D eigenvalue weighted by molar-refractivity contribution is -0.141. The predicted octanol–water partition coefficient (Wildman–Crippen LogP) is 14.8. The van der Waals surface area contributed by atoms with Crippen LogP contribution in [-0.4, -0.2) is 50.3 Å². The van der Waals surface area contributed by atoms with Crippen LogP contribution < -0.4 is 0 Å². The van der Waals surface area contributed by atoms with Gasteiger partial charge in [-0.3, -0.25) is 4.79 Å². The van der Waals surface area contributed by atoms with Gasteiger partial charge in [0.2, 0.25) is 0 Å². The van der Waals surface area contributed by atoms with Crippen molar-refractivity contribution in [2.24, 2.45) is 35.5 Å². The van der Waals surface area contributed by atoms with Crippen LogP contribution in [0.5, 0.6) is 0 Å². The van der Waals surface area contributed by atoms with Crippen LogP contribution in [0.15, 0.2) is 36.9 Å². The third kappa shape index (κ3) is 23.6. The van der Waals surface area contributed by atoms with Crippen molar-refractivity contribution in [3.63, 3.8) is 0 Å². The van der Waals surface area contributed by atoms with Gasteiger partial charge in [-0.15, -0.1) is 0 Å². The molecule has 1 aromatic rings. The molecule has 0 saturated heterocycles. The summed E-state index contributed by atoms with van der Waals surface area (Å²) in [5, 5.41) is 0. The second-order valence-electron chi connectivity index (χ2n) is 19.3. The summed E-state index contributed by atoms with van der Waals surface area (Å²) in [6.45, 7) is 11.2. The van der Waals surface area contributed by atoms with Gasteiger partial charge < -0.3 is 18.9 Å². The molecule has 0 N–H and O–H groups in total. The molecule has 0 bridgehead atoms. The van der Waals surface area contributed by atoms with Gasteiger partial charge in [0.15, 0.2) is 0 Å². The van der Waals surface area contributed by atoms with Crippen molar-refractivity contribution < 1.29 is 38.1 Å². The first-order valence-electron chi connectivity index (χ1n) is 26.1. The number of esters is 4. The third-order valence-corrected chi connectivity index (χ3v) is 14.2. The van der Waals surface area contributed by atoms with Gasteiger partial charge >= 0.3 is 23.9 Å². The van der Waals surface area contributed by atoms with E-state index in [2.05, 4.69) is 20.4 Å². The Kier molecular flexibility index (Phi) is 29.4. The summed E-state index contributed by atoms with van der Waals surface area (Å²) in [6.07, 6.45) is 38.7. The Bertz CT molecular complexity index is 1410. The number of hydrogen-bond acceptors (Lipinski definition) is 8. The predicted molar refractivity (Wildman–Crippen MR) is 256 cm³/mol. The van der Waals surface area contributed by atoms with Crippen molar-refractivity contribution in [2.45, 2.75) is 213 Å². The molecule has 0 spiro atoms. The molecule has 0 aliphatic heterocycles. The molecule has 358 valence electrons. The average Bonchev–Trinajstić information content (AvgIpc) is 3.29. The molecule has 3 rings (SSSR count). The minimum Gasteiger partial charge on any atom is -0.466 e. The Morgan fingerprint density at radius 1 is 0.556 bits per heavy atom. The van der Waals surface area contributed by atoms with Crippen LogP contribution in [0, 0.1) is 35.5 Å². The standard InChI is InChI=1S/C55H90O8/c1-5-8-10-12-16-22-34-51-47(30-20-11-9-6-2)36-37-48(31-21-15-13-18-24-38-60-44(4)56)52(51)35-23-17-14-19-25-39-61-54(58)49-32-27-33-50(41-49)55(59)63-43-46-29-26-28-45(40-46)42-62-53(57)7-3/h7,27,32-33,41,45-48,51-52H,3,5-6,8-26,28-31,34-40,42-43H2,1-2,4H3. The lowest BCUT2D eigenvalue weighted by Crippen LogP contribution is -2.35. The van der Waals surface area contributed by atoms with Crippen LogP contribution in [0.4, 0.5) is 0 Å². The second kappa shape index (κ2) is 34.2. The fraction of sp³-hybridized carbons (Fsp3) is 0.782. The van der Waals surface area contributed by atoms with E-state index in [9.17, 15) is 19.2 Å². The van der Waals surface area contributed by atoms with E-state index in [1.165, 1.54) is 148 Å². The Hall–Kier alpha value is -3.16. The quantitative estimate of drug-likeness (QED) is 0.0287. The lowest BCUT2D eigenvalue weighted by atomic mass is 9.61. The molecule has 0 aromatic heterocycles. The highest BCUT2D eigenvalue weighted by Gasteiger charge is 2.37. The fourth-order valence-electron chi connectivity index (χ4n) is 10.7. The summed E-state index contributed by atoms with van der Waals surface area (Å²) in [5.41, 5.74) is 0.716. The Labute approximate surface area is 384 Å². The summed E-state index contributed by atoms with van der Waals surface area (Å²) >= 11 is 0. The van der Waals surface area contributed by atoms with Gasteiger partial charge in [-0.05, 0) is 111 Å². The highest BCUT2D eigenvalue weighted by atomic mass is 16.5. The molecule has 8 heteroatoms. The Balaban J connectivity index is 1.44. The summed E-state index contributed by atoms with van der Waals surface area (Å²) in [7, 11) is 0. The van der Waals surface area contributed by atoms with Crippen LogP contribution >= 0.6 is 0 Å². The normalized spacial score (nSPS) is 21.1. The molecule has 63 heavy (non-hydrogen) atoms. The SMILES string of the molecule is C=CC(=O)OCC1CCCC(COC(=O)c2cccc(C(=O)OCCCCCCCC3C(CCCCCCCOC(C)=O)CCC(CCCCCC)C3CCCCCCCC)c2)C1. The maximum atomic E-state index is 13.0. The molecule has 1 aromatic carbocycles. The number of benzene rings is 1. The van der Waals surface area contributed by atoms with Crippen LogP contribution in [0.25, 0.3) is 0 Å². The van der Waals surface area contributed by atoms with E-state index in [4.69, 9.17) is 18.9 Å². The Morgan fingerprint density at radius 2 is 1.00 bits per heavy atom.